The quantitative estimate of drug-likeness (QED) is 0.415. The molecule has 3 aromatic carbocycles. The van der Waals surface area contributed by atoms with Crippen LogP contribution in [-0.4, -0.2) is 42.3 Å². The summed E-state index contributed by atoms with van der Waals surface area (Å²) in [6.45, 7) is 1.24. The third kappa shape index (κ3) is 3.30. The van der Waals surface area contributed by atoms with Crippen molar-refractivity contribution >= 4 is 15.7 Å². The summed E-state index contributed by atoms with van der Waals surface area (Å²) in [6.07, 6.45) is -1.13. The Morgan fingerprint density at radius 1 is 1.03 bits per heavy atom. The van der Waals surface area contributed by atoms with E-state index in [-0.39, 0.29) is 22.6 Å². The van der Waals surface area contributed by atoms with Gasteiger partial charge >= 0.3 is 0 Å². The fourth-order valence-corrected chi connectivity index (χ4v) is 7.67. The van der Waals surface area contributed by atoms with Crippen molar-refractivity contribution in [1.29, 1.82) is 0 Å². The molecule has 1 heterocycles. The lowest BCUT2D eigenvalue weighted by Gasteiger charge is -2.47. The maximum atomic E-state index is 14.1. The Kier molecular flexibility index (Phi) is 5.66. The van der Waals surface area contributed by atoms with Crippen LogP contribution in [0.1, 0.15) is 29.0 Å². The van der Waals surface area contributed by atoms with Crippen molar-refractivity contribution in [2.45, 2.75) is 41.8 Å². The number of hydrogen-bond acceptors (Lipinski definition) is 6. The van der Waals surface area contributed by atoms with E-state index < -0.39 is 51.1 Å². The molecule has 5 rings (SSSR count). The Hall–Kier alpha value is -3.27. The number of fused-ring (bicyclic) bond motifs is 3. The fourth-order valence-electron chi connectivity index (χ4n) is 5.93. The highest BCUT2D eigenvalue weighted by Crippen LogP contribution is 2.60. The van der Waals surface area contributed by atoms with Crippen molar-refractivity contribution in [3.05, 3.63) is 106 Å². The number of sulfonamides is 1. The molecule has 182 valence electrons. The Bertz CT molecular complexity index is 1360. The van der Waals surface area contributed by atoms with Crippen LogP contribution in [0.2, 0.25) is 0 Å². The second-order valence-electron chi connectivity index (χ2n) is 9.27. The Balaban J connectivity index is 1.83. The minimum absolute atomic E-state index is 0.00920. The molecule has 0 saturated heterocycles. The molecule has 35 heavy (non-hydrogen) atoms. The lowest BCUT2D eigenvalue weighted by Crippen LogP contribution is -2.64. The predicted molar refractivity (Wildman–Crippen MR) is 130 cm³/mol. The van der Waals surface area contributed by atoms with Crippen LogP contribution in [0, 0.1) is 23.0 Å². The molecule has 0 spiro atoms. The van der Waals surface area contributed by atoms with Gasteiger partial charge < -0.3 is 10.2 Å². The lowest BCUT2D eigenvalue weighted by atomic mass is 9.61. The maximum absolute atomic E-state index is 14.1. The van der Waals surface area contributed by atoms with Gasteiger partial charge in [-0.05, 0) is 43.2 Å². The molecule has 0 unspecified atom stereocenters. The molecule has 0 amide bonds. The first kappa shape index (κ1) is 23.5. The van der Waals surface area contributed by atoms with E-state index in [4.69, 9.17) is 0 Å². The number of aliphatic hydroxyl groups is 2. The average molecular weight is 495 g/mol. The summed E-state index contributed by atoms with van der Waals surface area (Å²) in [5, 5.41) is 34.6. The van der Waals surface area contributed by atoms with E-state index >= 15 is 0 Å². The summed E-state index contributed by atoms with van der Waals surface area (Å²) in [4.78, 5) is 12.7. The number of aryl methyl sites for hydroxylation is 1. The van der Waals surface area contributed by atoms with E-state index in [0.29, 0.717) is 5.56 Å². The molecular weight excluding hydrogens is 468 g/mol. The minimum atomic E-state index is -4.28. The van der Waals surface area contributed by atoms with Gasteiger partial charge in [-0.3, -0.25) is 14.4 Å². The maximum Gasteiger partial charge on any atom is 0.277 e. The normalized spacial score (nSPS) is 27.8. The minimum Gasteiger partial charge on any atom is -0.396 e. The van der Waals surface area contributed by atoms with Crippen LogP contribution < -0.4 is 4.31 Å². The smallest absolute Gasteiger partial charge is 0.277 e. The van der Waals surface area contributed by atoms with Crippen LogP contribution in [0.25, 0.3) is 0 Å². The molecule has 1 saturated carbocycles. The molecule has 0 bridgehead atoms. The molecule has 5 atom stereocenters. The van der Waals surface area contributed by atoms with E-state index in [1.54, 1.807) is 66.7 Å². The van der Waals surface area contributed by atoms with Gasteiger partial charge in [0.1, 0.15) is 6.04 Å². The van der Waals surface area contributed by atoms with Crippen molar-refractivity contribution in [2.75, 3.05) is 10.9 Å². The number of anilines is 1. The molecular formula is C26H26N2O6S. The van der Waals surface area contributed by atoms with Crippen molar-refractivity contribution in [3.63, 3.8) is 0 Å². The van der Waals surface area contributed by atoms with E-state index in [9.17, 15) is 28.7 Å². The number of aliphatic hydroxyl groups excluding tert-OH is 2. The Labute approximate surface area is 203 Å². The van der Waals surface area contributed by atoms with Gasteiger partial charge in [-0.25, -0.2) is 8.42 Å². The SMILES string of the molecule is Cc1ccc(S(=O)(=O)N2c3ccccc3[C@@]3([N+](=O)[O-])[C@H](c4ccccc4)C[C@H](O)[C@H](CO)[C@@H]23)cc1. The predicted octanol–water partition coefficient (Wildman–Crippen LogP) is 3.20. The third-order valence-corrected chi connectivity index (χ3v) is 9.29. The summed E-state index contributed by atoms with van der Waals surface area (Å²) in [5.41, 5.74) is 0.0700. The number of nitrogens with zero attached hydrogens (tertiary/aromatic N) is 2. The van der Waals surface area contributed by atoms with E-state index in [2.05, 4.69) is 0 Å². The summed E-state index contributed by atoms with van der Waals surface area (Å²) in [6, 6.07) is 20.3. The van der Waals surface area contributed by atoms with Gasteiger partial charge in [-0.2, -0.15) is 0 Å². The van der Waals surface area contributed by atoms with Crippen molar-refractivity contribution in [3.8, 4) is 0 Å². The van der Waals surface area contributed by atoms with Crippen LogP contribution in [0.5, 0.6) is 0 Å². The van der Waals surface area contributed by atoms with Gasteiger partial charge in [0, 0.05) is 10.8 Å². The third-order valence-electron chi connectivity index (χ3n) is 7.48. The molecule has 8 nitrogen and oxygen atoms in total. The fraction of sp³-hybridized carbons (Fsp3) is 0.308. The Morgan fingerprint density at radius 2 is 1.66 bits per heavy atom. The van der Waals surface area contributed by atoms with Gasteiger partial charge in [-0.15, -0.1) is 0 Å². The molecule has 3 aromatic rings. The molecule has 1 aliphatic carbocycles. The highest BCUT2D eigenvalue weighted by Gasteiger charge is 2.72. The van der Waals surface area contributed by atoms with Crippen LogP contribution in [0.3, 0.4) is 0 Å². The summed E-state index contributed by atoms with van der Waals surface area (Å²) >= 11 is 0. The molecule has 1 fully saturated rings. The topological polar surface area (TPSA) is 121 Å². The number of rotatable bonds is 5. The van der Waals surface area contributed by atoms with Gasteiger partial charge in [0.05, 0.1) is 34.8 Å². The first-order valence-corrected chi connectivity index (χ1v) is 12.9. The van der Waals surface area contributed by atoms with Gasteiger partial charge in [0.2, 0.25) is 0 Å². The van der Waals surface area contributed by atoms with Crippen LogP contribution in [0.15, 0.2) is 83.8 Å². The first-order valence-electron chi connectivity index (χ1n) is 11.4. The first-order chi connectivity index (χ1) is 16.7. The number of para-hydroxylation sites is 1. The zero-order valence-electron chi connectivity index (χ0n) is 19.1. The van der Waals surface area contributed by atoms with Crippen LogP contribution in [-0.2, 0) is 15.6 Å². The van der Waals surface area contributed by atoms with E-state index in [1.807, 2.05) is 6.92 Å². The molecule has 0 radical (unpaired) electrons. The number of benzene rings is 3. The van der Waals surface area contributed by atoms with Crippen LogP contribution in [0.4, 0.5) is 5.69 Å². The Morgan fingerprint density at radius 3 is 2.29 bits per heavy atom. The molecule has 9 heteroatoms. The van der Waals surface area contributed by atoms with E-state index in [1.165, 1.54) is 12.1 Å². The molecule has 1 aliphatic heterocycles. The van der Waals surface area contributed by atoms with E-state index in [0.717, 1.165) is 9.87 Å². The van der Waals surface area contributed by atoms with Crippen LogP contribution >= 0.6 is 0 Å². The largest absolute Gasteiger partial charge is 0.396 e. The summed E-state index contributed by atoms with van der Waals surface area (Å²) in [5.74, 6) is -1.88. The monoisotopic (exact) mass is 494 g/mol. The number of nitro groups is 1. The average Bonchev–Trinajstić information content (AvgIpc) is 3.17. The van der Waals surface area contributed by atoms with Crippen molar-refractivity contribution < 1.29 is 23.6 Å². The van der Waals surface area contributed by atoms with Gasteiger partial charge in [0.15, 0.2) is 0 Å². The highest BCUT2D eigenvalue weighted by atomic mass is 32.2. The van der Waals surface area contributed by atoms with Crippen molar-refractivity contribution in [1.82, 2.24) is 0 Å². The van der Waals surface area contributed by atoms with Gasteiger partial charge in [-0.1, -0.05) is 60.2 Å². The molecule has 2 aliphatic rings. The summed E-state index contributed by atoms with van der Waals surface area (Å²) < 4.78 is 29.2. The molecule has 0 aromatic heterocycles. The summed E-state index contributed by atoms with van der Waals surface area (Å²) in [7, 11) is -4.28. The highest BCUT2D eigenvalue weighted by molar-refractivity contribution is 7.92. The van der Waals surface area contributed by atoms with Gasteiger partial charge in [0.25, 0.3) is 15.6 Å². The standard InChI is InChI=1S/C26H26N2O6S/c1-17-11-13-19(14-12-17)35(33,34)27-23-10-6-5-9-21(23)26(28(31)32)22(18-7-3-2-4-8-18)15-24(30)20(16-29)25(26)27/h2-14,20,22,24-25,29-30H,15-16H2,1H3/t20-,22-,24-,25+,26+/m0/s1. The zero-order chi connectivity index (χ0) is 25.0. The molecule has 2 N–H and O–H groups in total. The second kappa shape index (κ2) is 8.44. The van der Waals surface area contributed by atoms with Crippen molar-refractivity contribution in [2.24, 2.45) is 5.92 Å². The second-order valence-corrected chi connectivity index (χ2v) is 11.1. The number of hydrogen-bond donors (Lipinski definition) is 2. The lowest BCUT2D eigenvalue weighted by molar-refractivity contribution is -0.592. The zero-order valence-corrected chi connectivity index (χ0v) is 19.9.